The van der Waals surface area contributed by atoms with Crippen molar-refractivity contribution in [3.8, 4) is 0 Å². The first-order valence-electron chi connectivity index (χ1n) is 6.15. The standard InChI is InChI=1S/C13H19N3O/c1-10-8-14-6-4-11(10)9-16-12-3-2-5-15-13(17)7-12/h4,6,8,12,16H,2-3,5,7,9H2,1H3,(H,15,17). The molecule has 0 bridgehead atoms. The number of rotatable bonds is 3. The van der Waals surface area contributed by atoms with Gasteiger partial charge in [0.25, 0.3) is 0 Å². The normalized spacial score (nSPS) is 20.8. The summed E-state index contributed by atoms with van der Waals surface area (Å²) in [5, 5.41) is 6.36. The molecule has 0 aromatic carbocycles. The summed E-state index contributed by atoms with van der Waals surface area (Å²) < 4.78 is 0. The van der Waals surface area contributed by atoms with Gasteiger partial charge in [0.05, 0.1) is 0 Å². The Labute approximate surface area is 102 Å². The summed E-state index contributed by atoms with van der Waals surface area (Å²) in [6.45, 7) is 3.68. The Balaban J connectivity index is 1.89. The van der Waals surface area contributed by atoms with Crippen LogP contribution in [0.4, 0.5) is 0 Å². The Morgan fingerprint density at radius 3 is 3.29 bits per heavy atom. The molecule has 1 saturated heterocycles. The Bertz CT molecular complexity index is 392. The number of aromatic nitrogens is 1. The maximum atomic E-state index is 11.4. The number of carbonyl (C=O) groups excluding carboxylic acids is 1. The molecule has 1 amide bonds. The molecule has 2 N–H and O–H groups in total. The summed E-state index contributed by atoms with van der Waals surface area (Å²) >= 11 is 0. The minimum absolute atomic E-state index is 0.159. The predicted molar refractivity (Wildman–Crippen MR) is 66.5 cm³/mol. The van der Waals surface area contributed by atoms with Crippen LogP contribution in [-0.2, 0) is 11.3 Å². The highest BCUT2D eigenvalue weighted by atomic mass is 16.1. The number of carbonyl (C=O) groups is 1. The quantitative estimate of drug-likeness (QED) is 0.823. The van der Waals surface area contributed by atoms with Crippen molar-refractivity contribution in [1.29, 1.82) is 0 Å². The van der Waals surface area contributed by atoms with Gasteiger partial charge in [0, 0.05) is 37.9 Å². The fourth-order valence-corrected chi connectivity index (χ4v) is 2.10. The molecule has 1 aliphatic heterocycles. The molecule has 0 radical (unpaired) electrons. The van der Waals surface area contributed by atoms with E-state index in [0.29, 0.717) is 12.5 Å². The molecule has 0 saturated carbocycles. The van der Waals surface area contributed by atoms with Gasteiger partial charge in [0.15, 0.2) is 0 Å². The second-order valence-corrected chi connectivity index (χ2v) is 4.58. The molecule has 2 heterocycles. The SMILES string of the molecule is Cc1cnccc1CNC1CCCNC(=O)C1. The molecule has 1 fully saturated rings. The lowest BCUT2D eigenvalue weighted by Crippen LogP contribution is -2.32. The molecule has 92 valence electrons. The monoisotopic (exact) mass is 233 g/mol. The van der Waals surface area contributed by atoms with E-state index in [2.05, 4.69) is 22.5 Å². The van der Waals surface area contributed by atoms with Crippen LogP contribution in [0.1, 0.15) is 30.4 Å². The van der Waals surface area contributed by atoms with Crippen molar-refractivity contribution in [1.82, 2.24) is 15.6 Å². The summed E-state index contributed by atoms with van der Waals surface area (Å²) in [6, 6.07) is 2.32. The molecular weight excluding hydrogens is 214 g/mol. The molecule has 1 aromatic heterocycles. The minimum Gasteiger partial charge on any atom is -0.356 e. The zero-order valence-electron chi connectivity index (χ0n) is 10.2. The summed E-state index contributed by atoms with van der Waals surface area (Å²) in [7, 11) is 0. The largest absolute Gasteiger partial charge is 0.356 e. The topological polar surface area (TPSA) is 54.0 Å². The highest BCUT2D eigenvalue weighted by molar-refractivity contribution is 5.76. The summed E-state index contributed by atoms with van der Waals surface area (Å²) in [4.78, 5) is 15.5. The Hall–Kier alpha value is -1.42. The Kier molecular flexibility index (Phi) is 4.09. The fourth-order valence-electron chi connectivity index (χ4n) is 2.10. The first kappa shape index (κ1) is 12.0. The van der Waals surface area contributed by atoms with Gasteiger partial charge in [-0.3, -0.25) is 9.78 Å². The van der Waals surface area contributed by atoms with Crippen molar-refractivity contribution in [3.63, 3.8) is 0 Å². The lowest BCUT2D eigenvalue weighted by molar-refractivity contribution is -0.121. The molecule has 1 aromatic rings. The van der Waals surface area contributed by atoms with Gasteiger partial charge in [-0.25, -0.2) is 0 Å². The molecule has 4 heteroatoms. The van der Waals surface area contributed by atoms with E-state index in [1.165, 1.54) is 11.1 Å². The Morgan fingerprint density at radius 2 is 2.47 bits per heavy atom. The maximum absolute atomic E-state index is 11.4. The van der Waals surface area contributed by atoms with E-state index >= 15 is 0 Å². The molecular formula is C13H19N3O. The number of hydrogen-bond donors (Lipinski definition) is 2. The van der Waals surface area contributed by atoms with E-state index in [1.54, 1.807) is 0 Å². The predicted octanol–water partition coefficient (Wildman–Crippen LogP) is 1.15. The third kappa shape index (κ3) is 3.53. The van der Waals surface area contributed by atoms with E-state index in [1.807, 2.05) is 18.5 Å². The molecule has 1 atom stereocenters. The van der Waals surface area contributed by atoms with Gasteiger partial charge < -0.3 is 10.6 Å². The van der Waals surface area contributed by atoms with Crippen LogP contribution in [0.2, 0.25) is 0 Å². The zero-order valence-corrected chi connectivity index (χ0v) is 10.2. The van der Waals surface area contributed by atoms with Crippen molar-refractivity contribution < 1.29 is 4.79 Å². The van der Waals surface area contributed by atoms with E-state index in [4.69, 9.17) is 0 Å². The molecule has 1 aliphatic rings. The van der Waals surface area contributed by atoms with E-state index < -0.39 is 0 Å². The van der Waals surface area contributed by atoms with Crippen molar-refractivity contribution in [3.05, 3.63) is 29.6 Å². The van der Waals surface area contributed by atoms with Crippen LogP contribution < -0.4 is 10.6 Å². The van der Waals surface area contributed by atoms with Gasteiger partial charge in [-0.1, -0.05) is 0 Å². The first-order valence-corrected chi connectivity index (χ1v) is 6.15. The number of aryl methyl sites for hydroxylation is 1. The van der Waals surface area contributed by atoms with Crippen molar-refractivity contribution >= 4 is 5.91 Å². The molecule has 2 rings (SSSR count). The van der Waals surface area contributed by atoms with Crippen LogP contribution in [0.15, 0.2) is 18.5 Å². The average molecular weight is 233 g/mol. The maximum Gasteiger partial charge on any atom is 0.221 e. The van der Waals surface area contributed by atoms with Gasteiger partial charge >= 0.3 is 0 Å². The van der Waals surface area contributed by atoms with Gasteiger partial charge in [-0.15, -0.1) is 0 Å². The van der Waals surface area contributed by atoms with Crippen molar-refractivity contribution in [2.24, 2.45) is 0 Å². The number of pyridine rings is 1. The van der Waals surface area contributed by atoms with Crippen LogP contribution >= 0.6 is 0 Å². The summed E-state index contributed by atoms with van der Waals surface area (Å²) in [6.07, 6.45) is 6.38. The van der Waals surface area contributed by atoms with E-state index in [-0.39, 0.29) is 5.91 Å². The smallest absolute Gasteiger partial charge is 0.221 e. The number of hydrogen-bond acceptors (Lipinski definition) is 3. The van der Waals surface area contributed by atoms with Gasteiger partial charge in [-0.2, -0.15) is 0 Å². The summed E-state index contributed by atoms with van der Waals surface area (Å²) in [5.41, 5.74) is 2.45. The second kappa shape index (κ2) is 5.77. The van der Waals surface area contributed by atoms with E-state index in [0.717, 1.165) is 25.9 Å². The van der Waals surface area contributed by atoms with Crippen LogP contribution in [-0.4, -0.2) is 23.5 Å². The lowest BCUT2D eigenvalue weighted by Gasteiger charge is -2.15. The van der Waals surface area contributed by atoms with Crippen LogP contribution in [0.3, 0.4) is 0 Å². The molecule has 17 heavy (non-hydrogen) atoms. The van der Waals surface area contributed by atoms with Crippen molar-refractivity contribution in [2.75, 3.05) is 6.54 Å². The number of amides is 1. The minimum atomic E-state index is 0.159. The molecule has 1 unspecified atom stereocenters. The third-order valence-corrected chi connectivity index (χ3v) is 3.20. The number of nitrogens with zero attached hydrogens (tertiary/aromatic N) is 1. The number of nitrogens with one attached hydrogen (secondary N) is 2. The van der Waals surface area contributed by atoms with Crippen LogP contribution in [0.25, 0.3) is 0 Å². The first-order chi connectivity index (χ1) is 8.25. The average Bonchev–Trinajstić information content (AvgIpc) is 2.53. The summed E-state index contributed by atoms with van der Waals surface area (Å²) in [5.74, 6) is 0.159. The van der Waals surface area contributed by atoms with Crippen LogP contribution in [0, 0.1) is 6.92 Å². The van der Waals surface area contributed by atoms with E-state index in [9.17, 15) is 4.79 Å². The third-order valence-electron chi connectivity index (χ3n) is 3.20. The van der Waals surface area contributed by atoms with Gasteiger partial charge in [0.1, 0.15) is 0 Å². The molecule has 0 spiro atoms. The van der Waals surface area contributed by atoms with Gasteiger partial charge in [-0.05, 0) is 37.0 Å². The lowest BCUT2D eigenvalue weighted by atomic mass is 10.1. The molecule has 4 nitrogen and oxygen atoms in total. The highest BCUT2D eigenvalue weighted by Crippen LogP contribution is 2.09. The Morgan fingerprint density at radius 1 is 1.59 bits per heavy atom. The molecule has 0 aliphatic carbocycles. The zero-order chi connectivity index (χ0) is 12.1. The highest BCUT2D eigenvalue weighted by Gasteiger charge is 2.16. The fraction of sp³-hybridized carbons (Fsp3) is 0.538. The second-order valence-electron chi connectivity index (χ2n) is 4.58. The van der Waals surface area contributed by atoms with Gasteiger partial charge in [0.2, 0.25) is 5.91 Å². The van der Waals surface area contributed by atoms with Crippen molar-refractivity contribution in [2.45, 2.75) is 38.8 Å². The van der Waals surface area contributed by atoms with Crippen LogP contribution in [0.5, 0.6) is 0 Å².